The van der Waals surface area contributed by atoms with Gasteiger partial charge in [-0.05, 0) is 0 Å². The van der Waals surface area contributed by atoms with Gasteiger partial charge in [-0.3, -0.25) is 9.59 Å². The van der Waals surface area contributed by atoms with Crippen LogP contribution in [0.5, 0.6) is 0 Å². The van der Waals surface area contributed by atoms with E-state index in [1.165, 1.54) is 0 Å². The highest BCUT2D eigenvalue weighted by atomic mass is 19.3. The van der Waals surface area contributed by atoms with Crippen LogP contribution in [-0.2, 0) is 9.59 Å². The van der Waals surface area contributed by atoms with Crippen molar-refractivity contribution in [2.45, 2.75) is 6.43 Å². The van der Waals surface area contributed by atoms with Crippen molar-refractivity contribution in [1.29, 1.82) is 0 Å². The highest BCUT2D eigenvalue weighted by molar-refractivity contribution is 5.86. The summed E-state index contributed by atoms with van der Waals surface area (Å²) in [6.45, 7) is -1.87. The lowest BCUT2D eigenvalue weighted by molar-refractivity contribution is -0.137. The summed E-state index contributed by atoms with van der Waals surface area (Å²) >= 11 is 0. The molecule has 0 aliphatic rings. The van der Waals surface area contributed by atoms with Crippen molar-refractivity contribution >= 4 is 17.9 Å². The highest BCUT2D eigenvalue weighted by Gasteiger charge is 2.08. The van der Waals surface area contributed by atoms with E-state index >= 15 is 0 Å². The third-order valence-electron chi connectivity index (χ3n) is 1.26. The summed E-state index contributed by atoms with van der Waals surface area (Å²) in [7, 11) is 0. The zero-order valence-electron chi connectivity index (χ0n) is 8.13. The molecule has 0 spiro atoms. The summed E-state index contributed by atoms with van der Waals surface area (Å²) < 4.78 is 23.2. The molecule has 0 aliphatic carbocycles. The molecule has 7 nitrogen and oxygen atoms in total. The molecule has 92 valence electrons. The number of hydrogen-bond donors (Lipinski definition) is 4. The number of urea groups is 1. The van der Waals surface area contributed by atoms with E-state index in [9.17, 15) is 23.2 Å². The molecule has 0 aromatic heterocycles. The minimum Gasteiger partial charge on any atom is -0.480 e. The van der Waals surface area contributed by atoms with Crippen molar-refractivity contribution < 1.29 is 28.3 Å². The van der Waals surface area contributed by atoms with Crippen molar-refractivity contribution in [2.75, 3.05) is 19.6 Å². The molecule has 0 heterocycles. The van der Waals surface area contributed by atoms with Gasteiger partial charge in [0.25, 0.3) is 6.43 Å². The largest absolute Gasteiger partial charge is 0.480 e. The fourth-order valence-corrected chi connectivity index (χ4v) is 0.630. The fraction of sp³-hybridized carbons (Fsp3) is 0.571. The van der Waals surface area contributed by atoms with Crippen LogP contribution in [0.15, 0.2) is 0 Å². The van der Waals surface area contributed by atoms with Gasteiger partial charge < -0.3 is 21.1 Å². The van der Waals surface area contributed by atoms with Crippen molar-refractivity contribution in [3.63, 3.8) is 0 Å². The second-order valence-corrected chi connectivity index (χ2v) is 2.63. The summed E-state index contributed by atoms with van der Waals surface area (Å²) in [4.78, 5) is 31.6. The van der Waals surface area contributed by atoms with Gasteiger partial charge in [-0.1, -0.05) is 0 Å². The van der Waals surface area contributed by atoms with E-state index in [0.29, 0.717) is 0 Å². The van der Waals surface area contributed by atoms with Gasteiger partial charge in [-0.2, -0.15) is 0 Å². The molecule has 9 heteroatoms. The first kappa shape index (κ1) is 14.1. The van der Waals surface area contributed by atoms with E-state index in [4.69, 9.17) is 5.11 Å². The lowest BCUT2D eigenvalue weighted by atomic mass is 10.5. The SMILES string of the molecule is O=C(O)CNC(=O)CNC(=O)NCC(F)F. The molecule has 0 bridgehead atoms. The van der Waals surface area contributed by atoms with Gasteiger partial charge in [0.05, 0.1) is 13.1 Å². The molecule has 0 aromatic carbocycles. The van der Waals surface area contributed by atoms with Crippen LogP contribution in [0, 0.1) is 0 Å². The topological polar surface area (TPSA) is 108 Å². The van der Waals surface area contributed by atoms with Gasteiger partial charge in [0.1, 0.15) is 6.54 Å². The molecule has 0 aromatic rings. The predicted molar refractivity (Wildman–Crippen MR) is 48.1 cm³/mol. The monoisotopic (exact) mass is 239 g/mol. The third-order valence-corrected chi connectivity index (χ3v) is 1.26. The molecule has 0 saturated heterocycles. The Balaban J connectivity index is 3.59. The molecule has 0 aliphatic heterocycles. The van der Waals surface area contributed by atoms with Gasteiger partial charge in [0.15, 0.2) is 0 Å². The number of nitrogens with one attached hydrogen (secondary N) is 3. The lowest BCUT2D eigenvalue weighted by Crippen LogP contribution is -2.44. The zero-order chi connectivity index (χ0) is 12.6. The predicted octanol–water partition coefficient (Wildman–Crippen LogP) is -1.25. The second-order valence-electron chi connectivity index (χ2n) is 2.63. The Bertz CT molecular complexity index is 272. The Kier molecular flexibility index (Phi) is 6.48. The van der Waals surface area contributed by atoms with E-state index in [1.807, 2.05) is 10.6 Å². The number of carbonyl (C=O) groups is 3. The van der Waals surface area contributed by atoms with Gasteiger partial charge in [0.2, 0.25) is 5.91 Å². The summed E-state index contributed by atoms with van der Waals surface area (Å²) in [6, 6.07) is -0.925. The molecule has 4 N–H and O–H groups in total. The van der Waals surface area contributed by atoms with Crippen LogP contribution < -0.4 is 16.0 Å². The Morgan fingerprint density at radius 2 is 1.69 bits per heavy atom. The number of alkyl halides is 2. The van der Waals surface area contributed by atoms with Gasteiger partial charge >= 0.3 is 12.0 Å². The van der Waals surface area contributed by atoms with Crippen LogP contribution in [-0.4, -0.2) is 49.1 Å². The molecule has 0 rings (SSSR count). The molecule has 0 saturated carbocycles. The number of rotatable bonds is 6. The Labute approximate surface area is 89.2 Å². The van der Waals surface area contributed by atoms with E-state index in [1.54, 1.807) is 5.32 Å². The van der Waals surface area contributed by atoms with Crippen LogP contribution in [0.1, 0.15) is 0 Å². The summed E-state index contributed by atoms with van der Waals surface area (Å²) in [6.07, 6.45) is -2.67. The molecule has 0 fully saturated rings. The minimum absolute atomic E-state index is 0.484. The first-order valence-corrected chi connectivity index (χ1v) is 4.20. The van der Waals surface area contributed by atoms with Crippen LogP contribution in [0.25, 0.3) is 0 Å². The molecule has 0 radical (unpaired) electrons. The summed E-state index contributed by atoms with van der Waals surface area (Å²) in [5.74, 6) is -1.95. The lowest BCUT2D eigenvalue weighted by Gasteiger charge is -2.06. The van der Waals surface area contributed by atoms with Gasteiger partial charge in [0, 0.05) is 0 Å². The maximum atomic E-state index is 11.6. The highest BCUT2D eigenvalue weighted by Crippen LogP contribution is 1.86. The Morgan fingerprint density at radius 1 is 1.06 bits per heavy atom. The van der Waals surface area contributed by atoms with E-state index in [-0.39, 0.29) is 0 Å². The third kappa shape index (κ3) is 8.66. The molecule has 16 heavy (non-hydrogen) atoms. The second kappa shape index (κ2) is 7.37. The first-order chi connectivity index (χ1) is 7.41. The summed E-state index contributed by atoms with van der Waals surface area (Å²) in [5, 5.41) is 13.9. The minimum atomic E-state index is -2.67. The number of carboxylic acid groups (broad SMARTS) is 1. The number of carbonyl (C=O) groups excluding carboxylic acids is 2. The van der Waals surface area contributed by atoms with Crippen LogP contribution in [0.3, 0.4) is 0 Å². The quantitative estimate of drug-likeness (QED) is 0.464. The normalized spacial score (nSPS) is 9.69. The van der Waals surface area contributed by atoms with Crippen LogP contribution in [0.2, 0.25) is 0 Å². The standard InChI is InChI=1S/C7H11F2N3O4/c8-4(9)1-11-7(16)12-2-5(13)10-3-6(14)15/h4H,1-3H2,(H,10,13)(H,14,15)(H2,11,12,16). The maximum absolute atomic E-state index is 11.6. The molecule has 0 unspecified atom stereocenters. The first-order valence-electron chi connectivity index (χ1n) is 4.20. The average Bonchev–Trinajstić information content (AvgIpc) is 2.20. The molecular weight excluding hydrogens is 228 g/mol. The number of amides is 3. The number of aliphatic carboxylic acids is 1. The average molecular weight is 239 g/mol. The fourth-order valence-electron chi connectivity index (χ4n) is 0.630. The summed E-state index contributed by atoms with van der Waals surface area (Å²) in [5.41, 5.74) is 0. The maximum Gasteiger partial charge on any atom is 0.322 e. The molecule has 0 atom stereocenters. The molecule has 3 amide bonds. The Morgan fingerprint density at radius 3 is 2.19 bits per heavy atom. The van der Waals surface area contributed by atoms with Crippen LogP contribution >= 0.6 is 0 Å². The Hall–Kier alpha value is -1.93. The number of carboxylic acids is 1. The van der Waals surface area contributed by atoms with Crippen molar-refractivity contribution in [3.05, 3.63) is 0 Å². The number of hydrogen-bond acceptors (Lipinski definition) is 3. The van der Waals surface area contributed by atoms with E-state index < -0.39 is 44.0 Å². The smallest absolute Gasteiger partial charge is 0.322 e. The zero-order valence-corrected chi connectivity index (χ0v) is 8.13. The van der Waals surface area contributed by atoms with Crippen molar-refractivity contribution in [2.24, 2.45) is 0 Å². The number of halogens is 2. The van der Waals surface area contributed by atoms with E-state index in [0.717, 1.165) is 0 Å². The van der Waals surface area contributed by atoms with Crippen molar-refractivity contribution in [1.82, 2.24) is 16.0 Å². The van der Waals surface area contributed by atoms with Crippen molar-refractivity contribution in [3.8, 4) is 0 Å². The van der Waals surface area contributed by atoms with Crippen LogP contribution in [0.4, 0.5) is 13.6 Å². The van der Waals surface area contributed by atoms with E-state index in [2.05, 4.69) is 0 Å². The van der Waals surface area contributed by atoms with Gasteiger partial charge in [-0.15, -0.1) is 0 Å². The van der Waals surface area contributed by atoms with Gasteiger partial charge in [-0.25, -0.2) is 13.6 Å². The molecular formula is C7H11F2N3O4.